The Labute approximate surface area is 155 Å². The summed E-state index contributed by atoms with van der Waals surface area (Å²) in [6.45, 7) is 10.4. The van der Waals surface area contributed by atoms with E-state index in [4.69, 9.17) is 9.47 Å². The average Bonchev–Trinajstić information content (AvgIpc) is 3.03. The molecule has 1 fully saturated rings. The van der Waals surface area contributed by atoms with E-state index in [2.05, 4.69) is 20.8 Å². The van der Waals surface area contributed by atoms with Crippen LogP contribution in [0, 0.1) is 11.8 Å². The molecule has 6 heteroatoms. The van der Waals surface area contributed by atoms with E-state index in [0.717, 1.165) is 5.69 Å². The van der Waals surface area contributed by atoms with Crippen molar-refractivity contribution in [2.75, 3.05) is 31.2 Å². The predicted octanol–water partition coefficient (Wildman–Crippen LogP) is 2.70. The minimum atomic E-state index is -0.295. The first kappa shape index (κ1) is 18.5. The van der Waals surface area contributed by atoms with Crippen LogP contribution in [0.15, 0.2) is 18.2 Å². The standard InChI is InChI=1S/C20H28N2O4/c1-5-21(14(4)13(2)3)20(24)15-10-19(23)22(12-15)16-6-7-17-18(11-16)26-9-8-25-17/h6-7,11,13-15H,5,8-10,12H2,1-4H3. The summed E-state index contributed by atoms with van der Waals surface area (Å²) in [4.78, 5) is 29.1. The fourth-order valence-electron chi connectivity index (χ4n) is 3.56. The Balaban J connectivity index is 1.75. The SMILES string of the molecule is CCN(C(=O)C1CC(=O)N(c2ccc3c(c2)OCCO3)C1)C(C)C(C)C. The summed E-state index contributed by atoms with van der Waals surface area (Å²) in [6, 6.07) is 5.66. The Bertz CT molecular complexity index is 688. The Morgan fingerprint density at radius 3 is 2.58 bits per heavy atom. The summed E-state index contributed by atoms with van der Waals surface area (Å²) in [6.07, 6.45) is 0.259. The molecule has 0 N–H and O–H groups in total. The van der Waals surface area contributed by atoms with Gasteiger partial charge in [-0.1, -0.05) is 13.8 Å². The largest absolute Gasteiger partial charge is 0.486 e. The molecule has 2 unspecified atom stereocenters. The smallest absolute Gasteiger partial charge is 0.228 e. The maximum Gasteiger partial charge on any atom is 0.228 e. The normalized spacial score (nSPS) is 20.4. The summed E-state index contributed by atoms with van der Waals surface area (Å²) in [7, 11) is 0. The van der Waals surface area contributed by atoms with Gasteiger partial charge >= 0.3 is 0 Å². The molecule has 2 aliphatic rings. The van der Waals surface area contributed by atoms with E-state index in [1.54, 1.807) is 4.90 Å². The fourth-order valence-corrected chi connectivity index (χ4v) is 3.56. The summed E-state index contributed by atoms with van der Waals surface area (Å²) in [5.41, 5.74) is 0.759. The number of fused-ring (bicyclic) bond motifs is 1. The van der Waals surface area contributed by atoms with Crippen LogP contribution in [0.3, 0.4) is 0 Å². The van der Waals surface area contributed by atoms with Gasteiger partial charge in [0.05, 0.1) is 5.92 Å². The first-order chi connectivity index (χ1) is 12.4. The van der Waals surface area contributed by atoms with Crippen LogP contribution in [0.1, 0.15) is 34.1 Å². The molecule has 0 saturated carbocycles. The highest BCUT2D eigenvalue weighted by Crippen LogP contribution is 2.36. The molecule has 26 heavy (non-hydrogen) atoms. The molecule has 2 aliphatic heterocycles. The van der Waals surface area contributed by atoms with Crippen LogP contribution in [0.2, 0.25) is 0 Å². The highest BCUT2D eigenvalue weighted by molar-refractivity contribution is 6.00. The lowest BCUT2D eigenvalue weighted by atomic mass is 10.0. The molecule has 0 bridgehead atoms. The van der Waals surface area contributed by atoms with Crippen LogP contribution in [-0.4, -0.2) is 49.1 Å². The van der Waals surface area contributed by atoms with Crippen molar-refractivity contribution >= 4 is 17.5 Å². The number of hydrogen-bond donors (Lipinski definition) is 0. The van der Waals surface area contributed by atoms with Gasteiger partial charge in [-0.15, -0.1) is 0 Å². The van der Waals surface area contributed by atoms with Gasteiger partial charge in [0.25, 0.3) is 0 Å². The lowest BCUT2D eigenvalue weighted by Crippen LogP contribution is -2.45. The molecule has 0 aliphatic carbocycles. The molecule has 1 aromatic rings. The fraction of sp³-hybridized carbons (Fsp3) is 0.600. The number of anilines is 1. The van der Waals surface area contributed by atoms with Gasteiger partial charge < -0.3 is 19.3 Å². The molecule has 2 amide bonds. The number of benzene rings is 1. The first-order valence-electron chi connectivity index (χ1n) is 9.42. The molecule has 6 nitrogen and oxygen atoms in total. The van der Waals surface area contributed by atoms with E-state index >= 15 is 0 Å². The van der Waals surface area contributed by atoms with Gasteiger partial charge in [0.2, 0.25) is 11.8 Å². The lowest BCUT2D eigenvalue weighted by Gasteiger charge is -2.32. The van der Waals surface area contributed by atoms with Crippen LogP contribution in [0.4, 0.5) is 5.69 Å². The van der Waals surface area contributed by atoms with Gasteiger partial charge in [-0.2, -0.15) is 0 Å². The lowest BCUT2D eigenvalue weighted by molar-refractivity contribution is -0.138. The van der Waals surface area contributed by atoms with E-state index in [1.807, 2.05) is 30.0 Å². The van der Waals surface area contributed by atoms with Crippen molar-refractivity contribution in [3.05, 3.63) is 18.2 Å². The highest BCUT2D eigenvalue weighted by Gasteiger charge is 2.38. The van der Waals surface area contributed by atoms with Crippen LogP contribution in [0.25, 0.3) is 0 Å². The van der Waals surface area contributed by atoms with Gasteiger partial charge in [-0.3, -0.25) is 9.59 Å². The van der Waals surface area contributed by atoms with E-state index in [-0.39, 0.29) is 30.2 Å². The quantitative estimate of drug-likeness (QED) is 0.810. The predicted molar refractivity (Wildman–Crippen MR) is 99.6 cm³/mol. The third-order valence-electron chi connectivity index (χ3n) is 5.39. The van der Waals surface area contributed by atoms with Crippen LogP contribution in [0.5, 0.6) is 11.5 Å². The van der Waals surface area contributed by atoms with Crippen molar-refractivity contribution in [3.63, 3.8) is 0 Å². The van der Waals surface area contributed by atoms with E-state index in [1.165, 1.54) is 0 Å². The molecule has 2 atom stereocenters. The molecule has 1 aromatic carbocycles. The zero-order chi connectivity index (χ0) is 18.8. The zero-order valence-electron chi connectivity index (χ0n) is 16.0. The van der Waals surface area contributed by atoms with Gasteiger partial charge in [0.15, 0.2) is 11.5 Å². The van der Waals surface area contributed by atoms with Gasteiger partial charge in [-0.05, 0) is 31.9 Å². The summed E-state index contributed by atoms with van der Waals surface area (Å²) < 4.78 is 11.1. The van der Waals surface area contributed by atoms with Crippen molar-refractivity contribution < 1.29 is 19.1 Å². The number of carbonyl (C=O) groups excluding carboxylic acids is 2. The third-order valence-corrected chi connectivity index (χ3v) is 5.39. The Morgan fingerprint density at radius 1 is 1.23 bits per heavy atom. The van der Waals surface area contributed by atoms with Crippen molar-refractivity contribution in [1.29, 1.82) is 0 Å². The minimum Gasteiger partial charge on any atom is -0.486 e. The molecule has 0 spiro atoms. The molecular weight excluding hydrogens is 332 g/mol. The monoisotopic (exact) mass is 360 g/mol. The summed E-state index contributed by atoms with van der Waals surface area (Å²) >= 11 is 0. The van der Waals surface area contributed by atoms with Crippen LogP contribution >= 0.6 is 0 Å². The molecule has 142 valence electrons. The third kappa shape index (κ3) is 3.50. The van der Waals surface area contributed by atoms with Crippen LogP contribution in [-0.2, 0) is 9.59 Å². The van der Waals surface area contributed by atoms with E-state index < -0.39 is 0 Å². The van der Waals surface area contributed by atoms with E-state index in [9.17, 15) is 9.59 Å². The van der Waals surface area contributed by atoms with Crippen molar-refractivity contribution in [2.45, 2.75) is 40.2 Å². The van der Waals surface area contributed by atoms with Crippen molar-refractivity contribution in [1.82, 2.24) is 4.90 Å². The average molecular weight is 360 g/mol. The van der Waals surface area contributed by atoms with Crippen molar-refractivity contribution in [2.24, 2.45) is 11.8 Å². The summed E-state index contributed by atoms with van der Waals surface area (Å²) in [5.74, 6) is 1.49. The van der Waals surface area contributed by atoms with E-state index in [0.29, 0.717) is 43.7 Å². The maximum atomic E-state index is 13.0. The zero-order valence-corrected chi connectivity index (χ0v) is 16.0. The number of carbonyl (C=O) groups is 2. The van der Waals surface area contributed by atoms with Crippen molar-refractivity contribution in [3.8, 4) is 11.5 Å². The second kappa shape index (κ2) is 7.56. The number of ether oxygens (including phenoxy) is 2. The summed E-state index contributed by atoms with van der Waals surface area (Å²) in [5, 5.41) is 0. The Morgan fingerprint density at radius 2 is 1.92 bits per heavy atom. The highest BCUT2D eigenvalue weighted by atomic mass is 16.6. The van der Waals surface area contributed by atoms with Gasteiger partial charge in [-0.25, -0.2) is 0 Å². The van der Waals surface area contributed by atoms with Gasteiger partial charge in [0, 0.05) is 37.3 Å². The molecular formula is C20H28N2O4. The van der Waals surface area contributed by atoms with Gasteiger partial charge in [0.1, 0.15) is 13.2 Å². The number of hydrogen-bond acceptors (Lipinski definition) is 4. The Kier molecular flexibility index (Phi) is 5.39. The first-order valence-corrected chi connectivity index (χ1v) is 9.42. The van der Waals surface area contributed by atoms with Crippen LogP contribution < -0.4 is 14.4 Å². The second-order valence-corrected chi connectivity index (χ2v) is 7.34. The molecule has 0 radical (unpaired) electrons. The molecule has 1 saturated heterocycles. The topological polar surface area (TPSA) is 59.1 Å². The molecule has 0 aromatic heterocycles. The molecule has 3 rings (SSSR count). The maximum absolute atomic E-state index is 13.0. The number of amides is 2. The Hall–Kier alpha value is -2.24. The number of nitrogens with zero attached hydrogens (tertiary/aromatic N) is 2. The minimum absolute atomic E-state index is 0.0201. The second-order valence-electron chi connectivity index (χ2n) is 7.34. The number of rotatable bonds is 5. The molecule has 2 heterocycles.